The molecule has 0 spiro atoms. The summed E-state index contributed by atoms with van der Waals surface area (Å²) in [6.45, 7) is -0.439. The van der Waals surface area contributed by atoms with Crippen LogP contribution in [0.5, 0.6) is 5.75 Å². The summed E-state index contributed by atoms with van der Waals surface area (Å²) in [5, 5.41) is 2.38. The molecule has 1 amide bonds. The van der Waals surface area contributed by atoms with Gasteiger partial charge in [-0.05, 0) is 34.9 Å². The van der Waals surface area contributed by atoms with Crippen LogP contribution in [0.1, 0.15) is 21.6 Å². The van der Waals surface area contributed by atoms with Gasteiger partial charge in [0, 0.05) is 24.4 Å². The number of sulfone groups is 1. The molecule has 0 radical (unpaired) electrons. The van der Waals surface area contributed by atoms with Gasteiger partial charge in [0.15, 0.2) is 9.84 Å². The first-order valence-corrected chi connectivity index (χ1v) is 13.5. The average molecular weight is 574 g/mol. The number of halogens is 3. The van der Waals surface area contributed by atoms with Gasteiger partial charge in [-0.1, -0.05) is 54.6 Å². The number of aromatic nitrogens is 2. The van der Waals surface area contributed by atoms with E-state index in [2.05, 4.69) is 15.0 Å². The van der Waals surface area contributed by atoms with Crippen molar-refractivity contribution in [3.8, 4) is 16.9 Å². The molecule has 4 aromatic rings. The summed E-state index contributed by atoms with van der Waals surface area (Å²) in [5.41, 5.74) is -0.523. The van der Waals surface area contributed by atoms with Crippen molar-refractivity contribution in [1.82, 2.24) is 14.9 Å². The predicted molar refractivity (Wildman–Crippen MR) is 140 cm³/mol. The number of nitrogens with zero attached hydrogens (tertiary/aromatic N) is 1. The Morgan fingerprint density at radius 1 is 0.950 bits per heavy atom. The lowest BCUT2D eigenvalue weighted by Crippen LogP contribution is -2.38. The predicted octanol–water partition coefficient (Wildman–Crippen LogP) is 3.48. The Morgan fingerprint density at radius 2 is 1.60 bits per heavy atom. The molecule has 4 rings (SSSR count). The zero-order valence-electron chi connectivity index (χ0n) is 20.9. The monoisotopic (exact) mass is 573 g/mol. The molecule has 1 aromatic heterocycles. The highest BCUT2D eigenvalue weighted by atomic mass is 32.2. The average Bonchev–Trinajstić information content (AvgIpc) is 2.89. The van der Waals surface area contributed by atoms with Crippen LogP contribution < -0.4 is 21.3 Å². The molecule has 0 bridgehead atoms. The van der Waals surface area contributed by atoms with Crippen molar-refractivity contribution in [3.05, 3.63) is 117 Å². The minimum absolute atomic E-state index is 0.0155. The summed E-state index contributed by atoms with van der Waals surface area (Å²) in [6, 6.07) is 19.1. The molecule has 0 saturated carbocycles. The topological polar surface area (TPSA) is 127 Å². The van der Waals surface area contributed by atoms with Gasteiger partial charge in [-0.2, -0.15) is 0 Å². The van der Waals surface area contributed by atoms with E-state index in [1.165, 1.54) is 36.4 Å². The van der Waals surface area contributed by atoms with E-state index in [1.807, 2.05) is 0 Å². The van der Waals surface area contributed by atoms with Crippen LogP contribution in [-0.2, 0) is 22.9 Å². The fourth-order valence-corrected chi connectivity index (χ4v) is 4.45. The summed E-state index contributed by atoms with van der Waals surface area (Å²) in [5.74, 6) is -1.48. The van der Waals surface area contributed by atoms with E-state index >= 15 is 0 Å². The Labute approximate surface area is 225 Å². The molecular formula is C27H22F3N3O6S. The number of carbonyl (C=O) groups is 1. The van der Waals surface area contributed by atoms with Crippen LogP contribution in [0.25, 0.3) is 11.1 Å². The molecule has 40 heavy (non-hydrogen) atoms. The lowest BCUT2D eigenvalue weighted by molar-refractivity contribution is -0.274. The summed E-state index contributed by atoms with van der Waals surface area (Å²) in [6.07, 6.45) is -4.00. The smallest absolute Gasteiger partial charge is 0.405 e. The summed E-state index contributed by atoms with van der Waals surface area (Å²) in [4.78, 5) is 39.9. The van der Waals surface area contributed by atoms with Gasteiger partial charge in [-0.15, -0.1) is 13.2 Å². The SMILES string of the molecule is CS(=O)(=O)c1ccc(-c2ccc(CNC(=O)c3cc(=O)n(Cc4ccccc4)c(=O)[nH]3)c(OC(F)(F)F)c2)cc1. The van der Waals surface area contributed by atoms with E-state index in [1.54, 1.807) is 30.3 Å². The van der Waals surface area contributed by atoms with Gasteiger partial charge in [0.25, 0.3) is 11.5 Å². The molecule has 0 atom stereocenters. The lowest BCUT2D eigenvalue weighted by Gasteiger charge is -2.16. The third-order valence-corrected chi connectivity index (χ3v) is 6.93. The summed E-state index contributed by atoms with van der Waals surface area (Å²) < 4.78 is 67.8. The second-order valence-electron chi connectivity index (χ2n) is 8.75. The van der Waals surface area contributed by atoms with Crippen molar-refractivity contribution < 1.29 is 31.1 Å². The Hall–Kier alpha value is -4.65. The van der Waals surface area contributed by atoms with Crippen LogP contribution in [0.15, 0.2) is 93.3 Å². The third-order valence-electron chi connectivity index (χ3n) is 5.80. The molecule has 0 aliphatic rings. The molecule has 2 N–H and O–H groups in total. The van der Waals surface area contributed by atoms with Gasteiger partial charge in [-0.25, -0.2) is 13.2 Å². The van der Waals surface area contributed by atoms with Gasteiger partial charge < -0.3 is 15.0 Å². The van der Waals surface area contributed by atoms with E-state index in [0.29, 0.717) is 16.7 Å². The van der Waals surface area contributed by atoms with Crippen LogP contribution in [0.3, 0.4) is 0 Å². The zero-order valence-corrected chi connectivity index (χ0v) is 21.7. The molecular weight excluding hydrogens is 551 g/mol. The third kappa shape index (κ3) is 7.05. The summed E-state index contributed by atoms with van der Waals surface area (Å²) in [7, 11) is -3.46. The van der Waals surface area contributed by atoms with Crippen LogP contribution in [0.4, 0.5) is 13.2 Å². The number of hydrogen-bond donors (Lipinski definition) is 2. The van der Waals surface area contributed by atoms with Crippen LogP contribution in [-0.4, -0.2) is 36.5 Å². The fraction of sp³-hybridized carbons (Fsp3) is 0.148. The van der Waals surface area contributed by atoms with Crippen molar-refractivity contribution in [1.29, 1.82) is 0 Å². The highest BCUT2D eigenvalue weighted by molar-refractivity contribution is 7.90. The molecule has 0 aliphatic carbocycles. The van der Waals surface area contributed by atoms with Crippen molar-refractivity contribution in [3.63, 3.8) is 0 Å². The van der Waals surface area contributed by atoms with E-state index in [0.717, 1.165) is 23.0 Å². The van der Waals surface area contributed by atoms with Crippen molar-refractivity contribution in [2.45, 2.75) is 24.3 Å². The number of nitrogens with one attached hydrogen (secondary N) is 2. The van der Waals surface area contributed by atoms with Crippen LogP contribution in [0, 0.1) is 0 Å². The number of H-pyrrole nitrogens is 1. The number of ether oxygens (including phenoxy) is 1. The van der Waals surface area contributed by atoms with Crippen molar-refractivity contribution in [2.24, 2.45) is 0 Å². The minimum Gasteiger partial charge on any atom is -0.405 e. The van der Waals surface area contributed by atoms with E-state index in [4.69, 9.17) is 0 Å². The first-order valence-electron chi connectivity index (χ1n) is 11.7. The maximum absolute atomic E-state index is 13.1. The molecule has 0 aliphatic heterocycles. The molecule has 1 heterocycles. The molecule has 208 valence electrons. The maximum atomic E-state index is 13.1. The summed E-state index contributed by atoms with van der Waals surface area (Å²) >= 11 is 0. The number of aromatic amines is 1. The largest absolute Gasteiger partial charge is 0.573 e. The van der Waals surface area contributed by atoms with Gasteiger partial charge >= 0.3 is 12.1 Å². The maximum Gasteiger partial charge on any atom is 0.573 e. The van der Waals surface area contributed by atoms with Crippen molar-refractivity contribution in [2.75, 3.05) is 6.26 Å². The molecule has 3 aromatic carbocycles. The molecule has 0 unspecified atom stereocenters. The molecule has 9 nitrogen and oxygen atoms in total. The Balaban J connectivity index is 1.55. The number of alkyl halides is 3. The normalized spacial score (nSPS) is 11.7. The minimum atomic E-state index is -5.04. The standard InChI is InChI=1S/C27H22F3N3O6S/c1-40(37,38)21-11-9-18(10-12-21)19-7-8-20(23(13-19)39-27(28,29)30)15-31-25(35)22-14-24(34)33(26(36)32-22)16-17-5-3-2-4-6-17/h2-14H,15-16H2,1H3,(H,31,35)(H,32,36). The number of hydrogen-bond acceptors (Lipinski definition) is 6. The Bertz CT molecular complexity index is 1730. The van der Waals surface area contributed by atoms with Crippen LogP contribution in [0.2, 0.25) is 0 Å². The highest BCUT2D eigenvalue weighted by Gasteiger charge is 2.32. The Kier molecular flexibility index (Phi) is 7.96. The van der Waals surface area contributed by atoms with Crippen molar-refractivity contribution >= 4 is 15.7 Å². The molecule has 0 saturated heterocycles. The van der Waals surface area contributed by atoms with E-state index in [9.17, 15) is 36.0 Å². The number of rotatable bonds is 8. The lowest BCUT2D eigenvalue weighted by atomic mass is 10.0. The van der Waals surface area contributed by atoms with Gasteiger partial charge in [0.1, 0.15) is 11.4 Å². The van der Waals surface area contributed by atoms with Gasteiger partial charge in [0.2, 0.25) is 0 Å². The second-order valence-corrected chi connectivity index (χ2v) is 10.8. The fourth-order valence-electron chi connectivity index (χ4n) is 3.82. The number of amides is 1. The van der Waals surface area contributed by atoms with Gasteiger partial charge in [-0.3, -0.25) is 14.2 Å². The highest BCUT2D eigenvalue weighted by Crippen LogP contribution is 2.32. The molecule has 13 heteroatoms. The number of carbonyl (C=O) groups excluding carboxylic acids is 1. The molecule has 0 fully saturated rings. The second kappa shape index (κ2) is 11.2. The van der Waals surface area contributed by atoms with E-state index < -0.39 is 45.7 Å². The first-order chi connectivity index (χ1) is 18.8. The quantitative estimate of drug-likeness (QED) is 0.332. The number of benzene rings is 3. The Morgan fingerprint density at radius 3 is 2.20 bits per heavy atom. The zero-order chi connectivity index (χ0) is 29.1. The van der Waals surface area contributed by atoms with Crippen LogP contribution >= 0.6 is 0 Å². The van der Waals surface area contributed by atoms with Gasteiger partial charge in [0.05, 0.1) is 11.4 Å². The first kappa shape index (κ1) is 28.4. The van der Waals surface area contributed by atoms with E-state index in [-0.39, 0.29) is 22.7 Å².